The van der Waals surface area contributed by atoms with E-state index in [0.29, 0.717) is 36.9 Å². The van der Waals surface area contributed by atoms with Crippen molar-refractivity contribution in [2.24, 2.45) is 5.92 Å². The number of ether oxygens (including phenoxy) is 2. The highest BCUT2D eigenvalue weighted by atomic mass is 16.5. The van der Waals surface area contributed by atoms with Crippen LogP contribution in [0.5, 0.6) is 5.75 Å². The van der Waals surface area contributed by atoms with E-state index in [9.17, 15) is 14.7 Å². The zero-order chi connectivity index (χ0) is 17.8. The molecule has 1 aliphatic carbocycles. The van der Waals surface area contributed by atoms with Crippen molar-refractivity contribution in [3.63, 3.8) is 0 Å². The SMILES string of the molecule is COCCOc1ccc(C(=O)N2[C@H](C(=O)O)C[C@H]3CCCC[C@@H]32)cc1. The van der Waals surface area contributed by atoms with Gasteiger partial charge in [-0.2, -0.15) is 0 Å². The number of benzene rings is 1. The van der Waals surface area contributed by atoms with E-state index in [0.717, 1.165) is 25.7 Å². The molecule has 0 aromatic heterocycles. The third kappa shape index (κ3) is 3.79. The van der Waals surface area contributed by atoms with Gasteiger partial charge in [0.15, 0.2) is 0 Å². The van der Waals surface area contributed by atoms with Gasteiger partial charge in [0.25, 0.3) is 5.91 Å². The Balaban J connectivity index is 1.74. The Morgan fingerprint density at radius 1 is 1.16 bits per heavy atom. The second-order valence-corrected chi connectivity index (χ2v) is 6.78. The quantitative estimate of drug-likeness (QED) is 0.801. The molecule has 25 heavy (non-hydrogen) atoms. The lowest BCUT2D eigenvalue weighted by molar-refractivity contribution is -0.141. The first-order valence-electron chi connectivity index (χ1n) is 8.89. The topological polar surface area (TPSA) is 76.1 Å². The smallest absolute Gasteiger partial charge is 0.326 e. The van der Waals surface area contributed by atoms with Crippen molar-refractivity contribution in [2.45, 2.75) is 44.2 Å². The molecule has 2 fully saturated rings. The number of nitrogens with zero attached hydrogens (tertiary/aromatic N) is 1. The van der Waals surface area contributed by atoms with Crippen LogP contribution in [0.4, 0.5) is 0 Å². The second kappa shape index (κ2) is 7.87. The molecule has 1 saturated carbocycles. The Bertz CT molecular complexity index is 615. The number of methoxy groups -OCH3 is 1. The molecule has 1 N–H and O–H groups in total. The minimum Gasteiger partial charge on any atom is -0.491 e. The van der Waals surface area contributed by atoms with E-state index in [2.05, 4.69) is 0 Å². The van der Waals surface area contributed by atoms with Crippen LogP contribution in [0.2, 0.25) is 0 Å². The summed E-state index contributed by atoms with van der Waals surface area (Å²) in [5.74, 6) is -0.108. The van der Waals surface area contributed by atoms with E-state index in [1.807, 2.05) is 0 Å². The number of rotatable bonds is 6. The van der Waals surface area contributed by atoms with Crippen molar-refractivity contribution in [1.29, 1.82) is 0 Å². The van der Waals surface area contributed by atoms with Crippen molar-refractivity contribution in [1.82, 2.24) is 4.90 Å². The lowest BCUT2D eigenvalue weighted by Crippen LogP contribution is -2.46. The summed E-state index contributed by atoms with van der Waals surface area (Å²) in [7, 11) is 1.61. The maximum atomic E-state index is 13.0. The number of carbonyl (C=O) groups is 2. The zero-order valence-electron chi connectivity index (χ0n) is 14.5. The van der Waals surface area contributed by atoms with Crippen LogP contribution < -0.4 is 4.74 Å². The molecule has 1 aliphatic heterocycles. The van der Waals surface area contributed by atoms with Crippen LogP contribution in [0.1, 0.15) is 42.5 Å². The molecular weight excluding hydrogens is 322 g/mol. The Hall–Kier alpha value is -2.08. The lowest BCUT2D eigenvalue weighted by Gasteiger charge is -2.33. The monoisotopic (exact) mass is 347 g/mol. The Morgan fingerprint density at radius 3 is 2.56 bits per heavy atom. The van der Waals surface area contributed by atoms with Crippen molar-refractivity contribution in [2.75, 3.05) is 20.3 Å². The molecule has 1 amide bonds. The summed E-state index contributed by atoms with van der Waals surface area (Å²) in [5.41, 5.74) is 0.511. The molecule has 6 heteroatoms. The summed E-state index contributed by atoms with van der Waals surface area (Å²) in [6.45, 7) is 0.943. The van der Waals surface area contributed by atoms with Crippen molar-refractivity contribution in [3.05, 3.63) is 29.8 Å². The average molecular weight is 347 g/mol. The Kier molecular flexibility index (Phi) is 5.58. The van der Waals surface area contributed by atoms with Gasteiger partial charge in [-0.3, -0.25) is 4.79 Å². The molecule has 0 spiro atoms. The molecule has 1 heterocycles. The van der Waals surface area contributed by atoms with Crippen molar-refractivity contribution >= 4 is 11.9 Å². The third-order valence-electron chi connectivity index (χ3n) is 5.27. The van der Waals surface area contributed by atoms with Gasteiger partial charge in [0.05, 0.1) is 6.61 Å². The van der Waals surface area contributed by atoms with Gasteiger partial charge in [0.1, 0.15) is 18.4 Å². The molecule has 3 rings (SSSR count). The number of carbonyl (C=O) groups excluding carboxylic acids is 1. The Morgan fingerprint density at radius 2 is 1.88 bits per heavy atom. The first-order chi connectivity index (χ1) is 12.1. The molecule has 0 bridgehead atoms. The fourth-order valence-corrected chi connectivity index (χ4v) is 4.06. The molecule has 0 unspecified atom stereocenters. The third-order valence-corrected chi connectivity index (χ3v) is 5.27. The highest BCUT2D eigenvalue weighted by molar-refractivity contribution is 5.97. The normalized spacial score (nSPS) is 25.5. The summed E-state index contributed by atoms with van der Waals surface area (Å²) in [6.07, 6.45) is 4.68. The van der Waals surface area contributed by atoms with Crippen LogP contribution in [0.3, 0.4) is 0 Å². The van der Waals surface area contributed by atoms with Gasteiger partial charge in [0, 0.05) is 18.7 Å². The highest BCUT2D eigenvalue weighted by Gasteiger charge is 2.47. The first kappa shape index (κ1) is 17.7. The van der Waals surface area contributed by atoms with Crippen LogP contribution >= 0.6 is 0 Å². The number of fused-ring (bicyclic) bond motifs is 1. The fraction of sp³-hybridized carbons (Fsp3) is 0.579. The summed E-state index contributed by atoms with van der Waals surface area (Å²) in [5, 5.41) is 9.57. The molecule has 1 saturated heterocycles. The minimum atomic E-state index is -0.901. The number of aliphatic carboxylic acids is 1. The zero-order valence-corrected chi connectivity index (χ0v) is 14.5. The number of hydrogen-bond acceptors (Lipinski definition) is 4. The summed E-state index contributed by atoms with van der Waals surface area (Å²) in [6, 6.07) is 6.25. The lowest BCUT2D eigenvalue weighted by atomic mass is 9.84. The predicted molar refractivity (Wildman–Crippen MR) is 91.8 cm³/mol. The van der Waals surface area contributed by atoms with Gasteiger partial charge < -0.3 is 19.5 Å². The van der Waals surface area contributed by atoms with Gasteiger partial charge in [-0.25, -0.2) is 4.79 Å². The van der Waals surface area contributed by atoms with Crippen LogP contribution in [0.25, 0.3) is 0 Å². The van der Waals surface area contributed by atoms with Gasteiger partial charge in [-0.05, 0) is 49.4 Å². The van der Waals surface area contributed by atoms with E-state index in [1.54, 1.807) is 36.3 Å². The Labute approximate surface area is 147 Å². The van der Waals surface area contributed by atoms with E-state index in [-0.39, 0.29) is 11.9 Å². The van der Waals surface area contributed by atoms with Gasteiger partial charge >= 0.3 is 5.97 Å². The molecular formula is C19H25NO5. The van der Waals surface area contributed by atoms with Gasteiger partial charge in [-0.1, -0.05) is 12.8 Å². The maximum Gasteiger partial charge on any atom is 0.326 e. The molecule has 1 aromatic rings. The van der Waals surface area contributed by atoms with E-state index < -0.39 is 12.0 Å². The second-order valence-electron chi connectivity index (χ2n) is 6.78. The first-order valence-corrected chi connectivity index (χ1v) is 8.89. The molecule has 0 radical (unpaired) electrons. The summed E-state index contributed by atoms with van der Waals surface area (Å²) >= 11 is 0. The predicted octanol–water partition coefficient (Wildman–Crippen LogP) is 2.57. The van der Waals surface area contributed by atoms with E-state index in [4.69, 9.17) is 9.47 Å². The fourth-order valence-electron chi connectivity index (χ4n) is 4.06. The van der Waals surface area contributed by atoms with E-state index >= 15 is 0 Å². The molecule has 3 atom stereocenters. The van der Waals surface area contributed by atoms with Crippen LogP contribution in [-0.2, 0) is 9.53 Å². The molecule has 136 valence electrons. The number of likely N-dealkylation sites (tertiary alicyclic amines) is 1. The van der Waals surface area contributed by atoms with Crippen molar-refractivity contribution < 1.29 is 24.2 Å². The molecule has 2 aliphatic rings. The molecule has 1 aromatic carbocycles. The summed E-state index contributed by atoms with van der Waals surface area (Å²) in [4.78, 5) is 26.3. The standard InChI is InChI=1S/C19H25NO5/c1-24-10-11-25-15-8-6-13(7-9-15)18(21)20-16-5-3-2-4-14(16)12-17(20)19(22)23/h6-9,14,16-17H,2-5,10-12H2,1H3,(H,22,23)/t14-,16+,17+/m1/s1. The van der Waals surface area contributed by atoms with Crippen LogP contribution in [0.15, 0.2) is 24.3 Å². The maximum absolute atomic E-state index is 13.0. The van der Waals surface area contributed by atoms with Crippen LogP contribution in [-0.4, -0.2) is 54.3 Å². The van der Waals surface area contributed by atoms with Gasteiger partial charge in [0.2, 0.25) is 0 Å². The number of carboxylic acids is 1. The number of carboxylic acid groups (broad SMARTS) is 1. The number of hydrogen-bond donors (Lipinski definition) is 1. The number of amides is 1. The van der Waals surface area contributed by atoms with Gasteiger partial charge in [-0.15, -0.1) is 0 Å². The highest BCUT2D eigenvalue weighted by Crippen LogP contribution is 2.40. The van der Waals surface area contributed by atoms with E-state index in [1.165, 1.54) is 0 Å². The largest absolute Gasteiger partial charge is 0.491 e. The van der Waals surface area contributed by atoms with Crippen molar-refractivity contribution in [3.8, 4) is 5.75 Å². The average Bonchev–Trinajstić information content (AvgIpc) is 3.02. The van der Waals surface area contributed by atoms with Crippen LogP contribution in [0, 0.1) is 5.92 Å². The minimum absolute atomic E-state index is 0.0555. The summed E-state index contributed by atoms with van der Waals surface area (Å²) < 4.78 is 10.4. The molecule has 6 nitrogen and oxygen atoms in total.